The third-order valence-corrected chi connectivity index (χ3v) is 9.60. The molecule has 1 aliphatic rings. The number of aliphatic hydroxyl groups excluding tert-OH is 1. The van der Waals surface area contributed by atoms with Crippen LogP contribution < -0.4 is 29.7 Å². The fraction of sp³-hybridized carbons (Fsp3) is 0.424. The Balaban J connectivity index is 1.48. The molecule has 11 heteroatoms. The molecule has 0 saturated carbocycles. The summed E-state index contributed by atoms with van der Waals surface area (Å²) in [4.78, 5) is 13.7. The highest BCUT2D eigenvalue weighted by atomic mass is 32.3. The second-order valence-electron chi connectivity index (χ2n) is 11.0. The Morgan fingerprint density at radius 2 is 1.70 bits per heavy atom. The van der Waals surface area contributed by atoms with Crippen molar-refractivity contribution < 1.29 is 28.5 Å². The molecule has 10 nitrogen and oxygen atoms in total. The van der Waals surface area contributed by atoms with Crippen LogP contribution in [0.2, 0.25) is 0 Å². The van der Waals surface area contributed by atoms with Crippen molar-refractivity contribution in [2.75, 3.05) is 55.8 Å². The van der Waals surface area contributed by atoms with E-state index in [1.165, 1.54) is 0 Å². The molecule has 1 heterocycles. The number of rotatable bonds is 15. The fourth-order valence-electron chi connectivity index (χ4n) is 5.34. The monoisotopic (exact) mass is 626 g/mol. The van der Waals surface area contributed by atoms with E-state index in [0.717, 1.165) is 35.5 Å². The van der Waals surface area contributed by atoms with Gasteiger partial charge in [-0.15, -0.1) is 10.8 Å². The Kier molecular flexibility index (Phi) is 12.2. The number of anilines is 2. The van der Waals surface area contributed by atoms with Gasteiger partial charge in [-0.3, -0.25) is 18.2 Å². The van der Waals surface area contributed by atoms with Crippen LogP contribution in [0.25, 0.3) is 0 Å². The lowest BCUT2D eigenvalue weighted by atomic mass is 10.00. The molecule has 1 amide bonds. The zero-order valence-corrected chi connectivity index (χ0v) is 26.6. The van der Waals surface area contributed by atoms with Crippen LogP contribution in [0.4, 0.5) is 11.4 Å². The number of carbonyl (C=O) groups is 1. The molecule has 0 spiro atoms. The Bertz CT molecular complexity index is 1340. The minimum absolute atomic E-state index is 0.274. The first kappa shape index (κ1) is 33.4. The van der Waals surface area contributed by atoms with Crippen LogP contribution in [-0.2, 0) is 12.8 Å². The number of methoxy groups -OCH3 is 2. The van der Waals surface area contributed by atoms with Crippen LogP contribution in [0.15, 0.2) is 66.7 Å². The molecule has 4 rings (SSSR count). The zero-order chi connectivity index (χ0) is 31.5. The van der Waals surface area contributed by atoms with Crippen LogP contribution in [0, 0.1) is 0 Å². The molecule has 0 bridgehead atoms. The molecule has 0 radical (unpaired) electrons. The second kappa shape index (κ2) is 16.0. The maximum atomic E-state index is 13.7. The standard InChI is InChI=1S/C33H46N4O6S/c1-4-35-27-19-26(20-28(21-27)37-14-8-9-15-44(37,40)41)33(39)36-31(18-24-10-6-5-7-11-24)32(38)23-34-13-12-25-16-29(42-2)22-30(17-25)43-3/h5-7,10-11,16-17,19-22,31-32,34-35,38,40-41H,4,8-9,12-15,18,23H2,1-3H3,(H,36,39). The van der Waals surface area contributed by atoms with E-state index in [2.05, 4.69) is 16.0 Å². The second-order valence-corrected chi connectivity index (χ2v) is 13.1. The van der Waals surface area contributed by atoms with Crippen LogP contribution >= 0.6 is 10.8 Å². The molecule has 240 valence electrons. The molecule has 6 N–H and O–H groups in total. The minimum Gasteiger partial charge on any atom is -0.497 e. The zero-order valence-electron chi connectivity index (χ0n) is 25.8. The first-order valence-electron chi connectivity index (χ1n) is 15.1. The molecule has 2 atom stereocenters. The quantitative estimate of drug-likeness (QED) is 0.130. The largest absolute Gasteiger partial charge is 0.497 e. The first-order chi connectivity index (χ1) is 21.2. The van der Waals surface area contributed by atoms with Crippen molar-refractivity contribution >= 4 is 28.1 Å². The number of amides is 1. The summed E-state index contributed by atoms with van der Waals surface area (Å²) in [5.41, 5.74) is 3.71. The third-order valence-electron chi connectivity index (χ3n) is 7.67. The van der Waals surface area contributed by atoms with Gasteiger partial charge in [-0.1, -0.05) is 30.3 Å². The maximum absolute atomic E-state index is 13.7. The molecular weight excluding hydrogens is 580 g/mol. The summed E-state index contributed by atoms with van der Waals surface area (Å²) in [6.45, 7) is 3.99. The number of benzene rings is 3. The average molecular weight is 627 g/mol. The average Bonchev–Trinajstić information content (AvgIpc) is 3.02. The van der Waals surface area contributed by atoms with Crippen molar-refractivity contribution in [3.8, 4) is 11.5 Å². The van der Waals surface area contributed by atoms with Gasteiger partial charge in [0.1, 0.15) is 11.5 Å². The van der Waals surface area contributed by atoms with Crippen molar-refractivity contribution in [1.29, 1.82) is 0 Å². The summed E-state index contributed by atoms with van der Waals surface area (Å²) in [5, 5.41) is 20.9. The predicted octanol–water partition coefficient (Wildman–Crippen LogP) is 4.94. The van der Waals surface area contributed by atoms with Crippen molar-refractivity contribution in [3.63, 3.8) is 0 Å². The van der Waals surface area contributed by atoms with Gasteiger partial charge in [0, 0.05) is 37.0 Å². The van der Waals surface area contributed by atoms with Crippen molar-refractivity contribution in [3.05, 3.63) is 83.4 Å². The van der Waals surface area contributed by atoms with Gasteiger partial charge in [-0.2, -0.15) is 0 Å². The van der Waals surface area contributed by atoms with E-state index >= 15 is 0 Å². The van der Waals surface area contributed by atoms with Crippen LogP contribution in [0.5, 0.6) is 11.5 Å². The lowest BCUT2D eigenvalue weighted by Crippen LogP contribution is -2.49. The van der Waals surface area contributed by atoms with Gasteiger partial charge >= 0.3 is 0 Å². The summed E-state index contributed by atoms with van der Waals surface area (Å²) in [5.74, 6) is 1.40. The molecule has 1 aliphatic heterocycles. The number of carbonyl (C=O) groups excluding carboxylic acids is 1. The van der Waals surface area contributed by atoms with Crippen LogP contribution in [0.1, 0.15) is 41.3 Å². The van der Waals surface area contributed by atoms with Crippen LogP contribution in [0.3, 0.4) is 0 Å². The Morgan fingerprint density at radius 1 is 0.977 bits per heavy atom. The van der Waals surface area contributed by atoms with E-state index in [0.29, 0.717) is 55.2 Å². The Hall–Kier alpha value is -3.48. The van der Waals surface area contributed by atoms with E-state index in [9.17, 15) is 19.0 Å². The van der Waals surface area contributed by atoms with E-state index in [4.69, 9.17) is 9.47 Å². The molecule has 3 aromatic carbocycles. The van der Waals surface area contributed by atoms with Gasteiger partial charge < -0.3 is 30.5 Å². The SMILES string of the molecule is CCNc1cc(C(=O)NC(Cc2ccccc2)C(O)CNCCc2cc(OC)cc(OC)c2)cc(N2CCCCS2(O)O)c1. The number of hydrogen-bond donors (Lipinski definition) is 6. The predicted molar refractivity (Wildman–Crippen MR) is 178 cm³/mol. The van der Waals surface area contributed by atoms with Gasteiger partial charge in [0.05, 0.1) is 37.8 Å². The lowest BCUT2D eigenvalue weighted by Gasteiger charge is -2.47. The van der Waals surface area contributed by atoms with Crippen LogP contribution in [-0.4, -0.2) is 78.4 Å². The van der Waals surface area contributed by atoms with E-state index in [1.807, 2.05) is 61.5 Å². The topological polar surface area (TPSA) is 136 Å². The highest BCUT2D eigenvalue weighted by Gasteiger charge is 2.28. The minimum atomic E-state index is -2.96. The first-order valence-corrected chi connectivity index (χ1v) is 16.8. The van der Waals surface area contributed by atoms with E-state index < -0.39 is 22.9 Å². The summed E-state index contributed by atoms with van der Waals surface area (Å²) < 4.78 is 33.8. The number of hydrogen-bond acceptors (Lipinski definition) is 9. The number of aliphatic hydroxyl groups is 1. The molecule has 3 aromatic rings. The van der Waals surface area contributed by atoms with Crippen molar-refractivity contribution in [2.24, 2.45) is 0 Å². The molecule has 0 aromatic heterocycles. The highest BCUT2D eigenvalue weighted by molar-refractivity contribution is 8.25. The smallest absolute Gasteiger partial charge is 0.251 e. The number of nitrogens with one attached hydrogen (secondary N) is 3. The van der Waals surface area contributed by atoms with E-state index in [1.54, 1.807) is 30.7 Å². The molecule has 44 heavy (non-hydrogen) atoms. The number of ether oxygens (including phenoxy) is 2. The normalized spacial score (nSPS) is 16.5. The van der Waals surface area contributed by atoms with E-state index in [-0.39, 0.29) is 12.5 Å². The molecule has 1 fully saturated rings. The Labute approximate surface area is 262 Å². The highest BCUT2D eigenvalue weighted by Crippen LogP contribution is 2.50. The van der Waals surface area contributed by atoms with Gasteiger partial charge in [0.25, 0.3) is 5.91 Å². The molecule has 1 saturated heterocycles. The van der Waals surface area contributed by atoms with Gasteiger partial charge in [0.15, 0.2) is 0 Å². The van der Waals surface area contributed by atoms with Crippen molar-refractivity contribution in [1.82, 2.24) is 10.6 Å². The summed E-state index contributed by atoms with van der Waals surface area (Å²) >= 11 is 0. The van der Waals surface area contributed by atoms with Gasteiger partial charge in [-0.25, -0.2) is 0 Å². The number of nitrogens with zero attached hydrogens (tertiary/aromatic N) is 1. The third kappa shape index (κ3) is 9.26. The summed E-state index contributed by atoms with van der Waals surface area (Å²) in [7, 11) is 0.279. The molecule has 2 unspecified atom stereocenters. The maximum Gasteiger partial charge on any atom is 0.251 e. The Morgan fingerprint density at radius 3 is 2.36 bits per heavy atom. The van der Waals surface area contributed by atoms with Gasteiger partial charge in [0.2, 0.25) is 0 Å². The van der Waals surface area contributed by atoms with Gasteiger partial charge in [-0.05, 0) is 80.6 Å². The van der Waals surface area contributed by atoms with Crippen molar-refractivity contribution in [2.45, 2.75) is 44.8 Å². The molecule has 0 aliphatic carbocycles. The summed E-state index contributed by atoms with van der Waals surface area (Å²) in [6.07, 6.45) is 1.86. The lowest BCUT2D eigenvalue weighted by molar-refractivity contribution is 0.0831. The fourth-order valence-corrected chi connectivity index (χ4v) is 7.01. The molecular formula is C33H46N4O6S. The summed E-state index contributed by atoms with van der Waals surface area (Å²) in [6, 6.07) is 20.2.